The standard InChI is InChI=1S/C17H16FNO2S/c1-3-8-21-12-7-6-11(18)15-16(12)19-10(2)14(17(15)20)13-5-4-9-22-13/h4-7,9H,3,8H2,1-2H3,(H,19,20). The number of benzene rings is 1. The number of halogens is 1. The highest BCUT2D eigenvalue weighted by Crippen LogP contribution is 2.30. The lowest BCUT2D eigenvalue weighted by atomic mass is 10.1. The predicted molar refractivity (Wildman–Crippen MR) is 88.4 cm³/mol. The van der Waals surface area contributed by atoms with Gasteiger partial charge >= 0.3 is 0 Å². The summed E-state index contributed by atoms with van der Waals surface area (Å²) < 4.78 is 19.9. The minimum atomic E-state index is -0.530. The fourth-order valence-electron chi connectivity index (χ4n) is 2.50. The van der Waals surface area contributed by atoms with Crippen LogP contribution < -0.4 is 10.2 Å². The highest BCUT2D eigenvalue weighted by molar-refractivity contribution is 7.13. The summed E-state index contributed by atoms with van der Waals surface area (Å²) in [4.78, 5) is 16.8. The molecule has 0 bridgehead atoms. The maximum absolute atomic E-state index is 14.2. The molecule has 2 aromatic heterocycles. The third kappa shape index (κ3) is 2.41. The Morgan fingerprint density at radius 2 is 2.14 bits per heavy atom. The van der Waals surface area contributed by atoms with Gasteiger partial charge in [0.25, 0.3) is 0 Å². The zero-order valence-corrected chi connectivity index (χ0v) is 13.2. The summed E-state index contributed by atoms with van der Waals surface area (Å²) in [6, 6.07) is 6.59. The van der Waals surface area contributed by atoms with E-state index in [1.165, 1.54) is 17.4 Å². The van der Waals surface area contributed by atoms with Crippen molar-refractivity contribution >= 4 is 22.2 Å². The van der Waals surface area contributed by atoms with Gasteiger partial charge in [0.05, 0.1) is 23.1 Å². The maximum atomic E-state index is 14.2. The van der Waals surface area contributed by atoms with Crippen molar-refractivity contribution < 1.29 is 9.13 Å². The van der Waals surface area contributed by atoms with Crippen LogP contribution in [0.15, 0.2) is 34.4 Å². The Hall–Kier alpha value is -2.14. The van der Waals surface area contributed by atoms with Crippen LogP contribution in [0.2, 0.25) is 0 Å². The molecule has 0 saturated carbocycles. The van der Waals surface area contributed by atoms with Crippen molar-refractivity contribution in [1.82, 2.24) is 4.98 Å². The van der Waals surface area contributed by atoms with Crippen molar-refractivity contribution in [3.05, 3.63) is 51.4 Å². The van der Waals surface area contributed by atoms with Gasteiger partial charge in [0, 0.05) is 10.6 Å². The summed E-state index contributed by atoms with van der Waals surface area (Å²) >= 11 is 1.46. The van der Waals surface area contributed by atoms with Gasteiger partial charge in [-0.2, -0.15) is 0 Å². The first-order valence-corrected chi connectivity index (χ1v) is 8.03. The van der Waals surface area contributed by atoms with Gasteiger partial charge in [-0.05, 0) is 36.9 Å². The quantitative estimate of drug-likeness (QED) is 0.770. The molecule has 0 amide bonds. The third-order valence-electron chi connectivity index (χ3n) is 3.49. The van der Waals surface area contributed by atoms with Crippen LogP contribution in [0, 0.1) is 12.7 Å². The number of pyridine rings is 1. The maximum Gasteiger partial charge on any atom is 0.201 e. The molecule has 22 heavy (non-hydrogen) atoms. The highest BCUT2D eigenvalue weighted by Gasteiger charge is 2.17. The van der Waals surface area contributed by atoms with Crippen molar-refractivity contribution in [3.8, 4) is 16.2 Å². The average Bonchev–Trinajstić information content (AvgIpc) is 3.00. The largest absolute Gasteiger partial charge is 0.491 e. The van der Waals surface area contributed by atoms with Crippen LogP contribution in [0.5, 0.6) is 5.75 Å². The minimum Gasteiger partial charge on any atom is -0.491 e. The fourth-order valence-corrected chi connectivity index (χ4v) is 3.32. The molecule has 0 spiro atoms. The summed E-state index contributed by atoms with van der Waals surface area (Å²) in [5, 5.41) is 1.96. The molecule has 0 fully saturated rings. The lowest BCUT2D eigenvalue weighted by Gasteiger charge is -2.12. The van der Waals surface area contributed by atoms with E-state index in [4.69, 9.17) is 4.74 Å². The van der Waals surface area contributed by atoms with Gasteiger partial charge in [0.1, 0.15) is 11.6 Å². The van der Waals surface area contributed by atoms with Crippen molar-refractivity contribution in [2.75, 3.05) is 6.61 Å². The van der Waals surface area contributed by atoms with Gasteiger partial charge in [0.15, 0.2) is 0 Å². The Morgan fingerprint density at radius 3 is 2.82 bits per heavy atom. The number of H-pyrrole nitrogens is 1. The molecule has 2 heterocycles. The lowest BCUT2D eigenvalue weighted by Crippen LogP contribution is -2.11. The molecule has 0 aliphatic heterocycles. The van der Waals surface area contributed by atoms with Gasteiger partial charge in [-0.1, -0.05) is 13.0 Å². The van der Waals surface area contributed by atoms with Crippen molar-refractivity contribution in [1.29, 1.82) is 0 Å². The smallest absolute Gasteiger partial charge is 0.201 e. The lowest BCUT2D eigenvalue weighted by molar-refractivity contribution is 0.320. The van der Waals surface area contributed by atoms with Gasteiger partial charge < -0.3 is 9.72 Å². The molecule has 1 N–H and O–H groups in total. The molecule has 0 aliphatic rings. The van der Waals surface area contributed by atoms with E-state index >= 15 is 0 Å². The Balaban J connectivity index is 2.32. The van der Waals surface area contributed by atoms with E-state index in [-0.39, 0.29) is 10.8 Å². The molecule has 114 valence electrons. The molecule has 0 atom stereocenters. The van der Waals surface area contributed by atoms with Crippen LogP contribution in [0.4, 0.5) is 4.39 Å². The molecule has 0 aliphatic carbocycles. The van der Waals surface area contributed by atoms with Crippen molar-refractivity contribution in [2.45, 2.75) is 20.3 Å². The molecule has 0 radical (unpaired) electrons. The van der Waals surface area contributed by atoms with E-state index in [1.54, 1.807) is 6.07 Å². The van der Waals surface area contributed by atoms with E-state index in [2.05, 4.69) is 4.98 Å². The third-order valence-corrected chi connectivity index (χ3v) is 4.37. The van der Waals surface area contributed by atoms with Gasteiger partial charge in [-0.15, -0.1) is 11.3 Å². The molecule has 5 heteroatoms. The summed E-state index contributed by atoms with van der Waals surface area (Å²) in [5.41, 5.74) is 1.37. The van der Waals surface area contributed by atoms with Gasteiger partial charge in [0.2, 0.25) is 5.43 Å². The molecular formula is C17H16FNO2S. The number of nitrogens with one attached hydrogen (secondary N) is 1. The van der Waals surface area contributed by atoms with E-state index in [0.717, 1.165) is 11.3 Å². The second-order valence-electron chi connectivity index (χ2n) is 5.08. The number of aromatic nitrogens is 1. The predicted octanol–water partition coefficient (Wildman–Crippen LogP) is 4.49. The van der Waals surface area contributed by atoms with E-state index in [9.17, 15) is 9.18 Å². The number of ether oxygens (including phenoxy) is 1. The van der Waals surface area contributed by atoms with Crippen molar-refractivity contribution in [2.24, 2.45) is 0 Å². The molecule has 3 aromatic rings. The summed E-state index contributed by atoms with van der Waals surface area (Å²) in [6.45, 7) is 4.34. The van der Waals surface area contributed by atoms with Crippen LogP contribution >= 0.6 is 11.3 Å². The van der Waals surface area contributed by atoms with Gasteiger partial charge in [-0.25, -0.2) is 4.39 Å². The Bertz CT molecular complexity index is 868. The topological polar surface area (TPSA) is 42.1 Å². The number of hydrogen-bond donors (Lipinski definition) is 1. The first-order valence-electron chi connectivity index (χ1n) is 7.15. The van der Waals surface area contributed by atoms with E-state index < -0.39 is 5.82 Å². The summed E-state index contributed by atoms with van der Waals surface area (Å²) in [5.74, 6) is -0.0194. The van der Waals surface area contributed by atoms with E-state index in [0.29, 0.717) is 29.1 Å². The van der Waals surface area contributed by atoms with Crippen LogP contribution in [0.3, 0.4) is 0 Å². The van der Waals surface area contributed by atoms with Crippen LogP contribution in [-0.4, -0.2) is 11.6 Å². The fraction of sp³-hybridized carbons (Fsp3) is 0.235. The number of fused-ring (bicyclic) bond motifs is 1. The Morgan fingerprint density at radius 1 is 1.32 bits per heavy atom. The Labute approximate surface area is 131 Å². The molecule has 1 aromatic carbocycles. The van der Waals surface area contributed by atoms with Crippen molar-refractivity contribution in [3.63, 3.8) is 0 Å². The summed E-state index contributed by atoms with van der Waals surface area (Å²) in [7, 11) is 0. The second-order valence-corrected chi connectivity index (χ2v) is 6.02. The van der Waals surface area contributed by atoms with Crippen LogP contribution in [-0.2, 0) is 0 Å². The number of aromatic amines is 1. The van der Waals surface area contributed by atoms with Crippen LogP contribution in [0.25, 0.3) is 21.3 Å². The molecule has 0 saturated heterocycles. The number of hydrogen-bond acceptors (Lipinski definition) is 3. The average molecular weight is 317 g/mol. The first kappa shape index (κ1) is 14.8. The number of aryl methyl sites for hydroxylation is 1. The highest BCUT2D eigenvalue weighted by atomic mass is 32.1. The number of thiophene rings is 1. The summed E-state index contributed by atoms with van der Waals surface area (Å²) in [6.07, 6.45) is 0.843. The first-order chi connectivity index (χ1) is 10.6. The van der Waals surface area contributed by atoms with Gasteiger partial charge in [-0.3, -0.25) is 4.79 Å². The zero-order valence-electron chi connectivity index (χ0n) is 12.4. The van der Waals surface area contributed by atoms with E-state index in [1.807, 2.05) is 31.4 Å². The molecule has 3 nitrogen and oxygen atoms in total. The monoisotopic (exact) mass is 317 g/mol. The normalized spacial score (nSPS) is 11.0. The SMILES string of the molecule is CCCOc1ccc(F)c2c(=O)c(-c3cccs3)c(C)[nH]c12. The molecular weight excluding hydrogens is 301 g/mol. The second kappa shape index (κ2) is 5.93. The van der Waals surface area contributed by atoms with Crippen LogP contribution in [0.1, 0.15) is 19.0 Å². The zero-order chi connectivity index (χ0) is 15.7. The molecule has 3 rings (SSSR count). The minimum absolute atomic E-state index is 0.0580. The Kier molecular flexibility index (Phi) is 3.98. The number of rotatable bonds is 4. The molecule has 0 unspecified atom stereocenters.